The molecule has 2 rings (SSSR count). The number of hydrogen-bond donors (Lipinski definition) is 0. The van der Waals surface area contributed by atoms with Crippen molar-refractivity contribution in [2.45, 2.75) is 31.0 Å². The lowest BCUT2D eigenvalue weighted by molar-refractivity contribution is 0.0525. The average molecular weight is 288 g/mol. The molecule has 100 valence electrons. The molecule has 0 amide bonds. The maximum Gasteiger partial charge on any atom is 0.190 e. The van der Waals surface area contributed by atoms with E-state index in [4.69, 9.17) is 16.3 Å². The topological polar surface area (TPSA) is 38.2 Å². The second kappa shape index (κ2) is 6.59. The number of piperidine rings is 1. The highest BCUT2D eigenvalue weighted by Crippen LogP contribution is 2.24. The summed E-state index contributed by atoms with van der Waals surface area (Å²) >= 11 is 7.53. The van der Waals surface area contributed by atoms with Gasteiger partial charge in [0, 0.05) is 25.8 Å². The Morgan fingerprint density at radius 3 is 3.11 bits per heavy atom. The minimum absolute atomic E-state index is 0.301. The number of rotatable bonds is 4. The quantitative estimate of drug-likeness (QED) is 0.484. The Bertz CT molecular complexity index is 403. The summed E-state index contributed by atoms with van der Waals surface area (Å²) in [5.74, 6) is 0.906. The minimum Gasteiger partial charge on any atom is -0.377 e. The Kier molecular flexibility index (Phi) is 5.09. The Balaban J connectivity index is 2.12. The van der Waals surface area contributed by atoms with E-state index >= 15 is 0 Å². The zero-order chi connectivity index (χ0) is 13.0. The Morgan fingerprint density at radius 1 is 1.56 bits per heavy atom. The van der Waals surface area contributed by atoms with Gasteiger partial charge in [-0.25, -0.2) is 9.97 Å². The van der Waals surface area contributed by atoms with Crippen molar-refractivity contribution in [1.29, 1.82) is 0 Å². The molecule has 1 fully saturated rings. The van der Waals surface area contributed by atoms with Crippen LogP contribution in [0.4, 0.5) is 5.82 Å². The van der Waals surface area contributed by atoms with E-state index in [-0.39, 0.29) is 0 Å². The zero-order valence-corrected chi connectivity index (χ0v) is 12.3. The van der Waals surface area contributed by atoms with E-state index in [1.54, 1.807) is 0 Å². The highest BCUT2D eigenvalue weighted by Gasteiger charge is 2.21. The van der Waals surface area contributed by atoms with E-state index in [0.717, 1.165) is 43.5 Å². The van der Waals surface area contributed by atoms with Crippen molar-refractivity contribution >= 4 is 29.2 Å². The molecule has 1 unspecified atom stereocenters. The van der Waals surface area contributed by atoms with Crippen molar-refractivity contribution in [3.63, 3.8) is 0 Å². The van der Waals surface area contributed by atoms with Gasteiger partial charge in [0.15, 0.2) is 5.16 Å². The van der Waals surface area contributed by atoms with Crippen LogP contribution in [0.25, 0.3) is 0 Å². The van der Waals surface area contributed by atoms with Gasteiger partial charge in [-0.05, 0) is 26.0 Å². The summed E-state index contributed by atoms with van der Waals surface area (Å²) < 4.78 is 5.70. The number of aromatic nitrogens is 2. The standard InChI is InChI=1S/C12H18ClN3OS/c1-3-17-9-5-4-6-16(8-9)11-7-10(13)14-12(15-11)18-2/h7,9H,3-6,8H2,1-2H3. The van der Waals surface area contributed by atoms with Crippen molar-refractivity contribution in [1.82, 2.24) is 9.97 Å². The molecule has 1 aromatic heterocycles. The first-order valence-corrected chi connectivity index (χ1v) is 7.78. The number of anilines is 1. The van der Waals surface area contributed by atoms with Crippen LogP contribution < -0.4 is 4.90 Å². The fourth-order valence-corrected chi connectivity index (χ4v) is 2.76. The first-order chi connectivity index (χ1) is 8.72. The number of hydrogen-bond acceptors (Lipinski definition) is 5. The van der Waals surface area contributed by atoms with Crippen LogP contribution in [0, 0.1) is 0 Å². The summed E-state index contributed by atoms with van der Waals surface area (Å²) in [6, 6.07) is 1.83. The summed E-state index contributed by atoms with van der Waals surface area (Å²) in [7, 11) is 0. The highest BCUT2D eigenvalue weighted by molar-refractivity contribution is 7.98. The van der Waals surface area contributed by atoms with Crippen LogP contribution in [0.15, 0.2) is 11.2 Å². The smallest absolute Gasteiger partial charge is 0.190 e. The fraction of sp³-hybridized carbons (Fsp3) is 0.667. The molecule has 0 spiro atoms. The predicted molar refractivity (Wildman–Crippen MR) is 75.7 cm³/mol. The molecule has 1 aromatic rings. The van der Waals surface area contributed by atoms with Gasteiger partial charge in [-0.3, -0.25) is 0 Å². The van der Waals surface area contributed by atoms with Gasteiger partial charge >= 0.3 is 0 Å². The van der Waals surface area contributed by atoms with Crippen LogP contribution in [0.2, 0.25) is 5.15 Å². The average Bonchev–Trinajstić information content (AvgIpc) is 2.39. The lowest BCUT2D eigenvalue weighted by atomic mass is 10.1. The van der Waals surface area contributed by atoms with Gasteiger partial charge in [0.05, 0.1) is 6.10 Å². The number of halogens is 1. The van der Waals surface area contributed by atoms with E-state index in [9.17, 15) is 0 Å². The summed E-state index contributed by atoms with van der Waals surface area (Å²) in [6.07, 6.45) is 4.50. The first kappa shape index (κ1) is 13.9. The molecular formula is C12H18ClN3OS. The largest absolute Gasteiger partial charge is 0.377 e. The van der Waals surface area contributed by atoms with E-state index in [2.05, 4.69) is 14.9 Å². The predicted octanol–water partition coefficient (Wildman–Crippen LogP) is 2.86. The van der Waals surface area contributed by atoms with Gasteiger partial charge in [-0.15, -0.1) is 0 Å². The SMILES string of the molecule is CCOC1CCCN(c2cc(Cl)nc(SC)n2)C1. The molecule has 0 radical (unpaired) electrons. The first-order valence-electron chi connectivity index (χ1n) is 6.18. The van der Waals surface area contributed by atoms with Crippen molar-refractivity contribution < 1.29 is 4.74 Å². The van der Waals surface area contributed by atoms with Gasteiger partial charge in [-0.1, -0.05) is 23.4 Å². The van der Waals surface area contributed by atoms with Crippen LogP contribution in [-0.4, -0.2) is 42.0 Å². The number of ether oxygens (including phenoxy) is 1. The second-order valence-corrected chi connectivity index (χ2v) is 5.36. The molecule has 1 aliphatic rings. The van der Waals surface area contributed by atoms with E-state index < -0.39 is 0 Å². The van der Waals surface area contributed by atoms with Crippen LogP contribution in [0.3, 0.4) is 0 Å². The summed E-state index contributed by atoms with van der Waals surface area (Å²) in [5, 5.41) is 1.22. The van der Waals surface area contributed by atoms with Crippen molar-refractivity contribution in [2.24, 2.45) is 0 Å². The number of nitrogens with zero attached hydrogens (tertiary/aromatic N) is 3. The Morgan fingerprint density at radius 2 is 2.39 bits per heavy atom. The van der Waals surface area contributed by atoms with Gasteiger partial charge in [0.1, 0.15) is 11.0 Å². The third-order valence-corrected chi connectivity index (χ3v) is 3.69. The third kappa shape index (κ3) is 3.49. The molecule has 0 N–H and O–H groups in total. The van der Waals surface area contributed by atoms with Gasteiger partial charge in [-0.2, -0.15) is 0 Å². The molecule has 2 heterocycles. The Hall–Kier alpha value is -0.520. The lowest BCUT2D eigenvalue weighted by Gasteiger charge is -2.33. The summed E-state index contributed by atoms with van der Waals surface area (Å²) in [5.41, 5.74) is 0. The lowest BCUT2D eigenvalue weighted by Crippen LogP contribution is -2.40. The van der Waals surface area contributed by atoms with E-state index in [0.29, 0.717) is 11.3 Å². The van der Waals surface area contributed by atoms with Crippen LogP contribution in [0.5, 0.6) is 0 Å². The molecule has 4 nitrogen and oxygen atoms in total. The molecule has 1 atom stereocenters. The van der Waals surface area contributed by atoms with Gasteiger partial charge in [0.2, 0.25) is 0 Å². The molecule has 0 bridgehead atoms. The number of thioether (sulfide) groups is 1. The monoisotopic (exact) mass is 287 g/mol. The molecule has 0 aromatic carbocycles. The maximum atomic E-state index is 6.02. The minimum atomic E-state index is 0.301. The molecule has 18 heavy (non-hydrogen) atoms. The molecule has 1 saturated heterocycles. The van der Waals surface area contributed by atoms with Gasteiger partial charge < -0.3 is 9.64 Å². The normalized spacial score (nSPS) is 20.2. The maximum absolute atomic E-state index is 6.02. The zero-order valence-electron chi connectivity index (χ0n) is 10.7. The Labute approximate surface area is 117 Å². The van der Waals surface area contributed by atoms with E-state index in [1.165, 1.54) is 11.8 Å². The summed E-state index contributed by atoms with van der Waals surface area (Å²) in [4.78, 5) is 10.9. The molecule has 0 saturated carbocycles. The van der Waals surface area contributed by atoms with Crippen LogP contribution >= 0.6 is 23.4 Å². The molecule has 0 aliphatic carbocycles. The summed E-state index contributed by atoms with van der Waals surface area (Å²) in [6.45, 7) is 4.69. The van der Waals surface area contributed by atoms with Gasteiger partial charge in [0.25, 0.3) is 0 Å². The molecule has 6 heteroatoms. The van der Waals surface area contributed by atoms with Crippen LogP contribution in [-0.2, 0) is 4.74 Å². The van der Waals surface area contributed by atoms with Crippen LogP contribution in [0.1, 0.15) is 19.8 Å². The third-order valence-electron chi connectivity index (χ3n) is 2.95. The molecular weight excluding hydrogens is 270 g/mol. The molecule has 1 aliphatic heterocycles. The fourth-order valence-electron chi connectivity index (χ4n) is 2.16. The van der Waals surface area contributed by atoms with Crippen molar-refractivity contribution in [3.8, 4) is 0 Å². The highest BCUT2D eigenvalue weighted by atomic mass is 35.5. The van der Waals surface area contributed by atoms with Crippen molar-refractivity contribution in [2.75, 3.05) is 30.9 Å². The second-order valence-electron chi connectivity index (χ2n) is 4.20. The van der Waals surface area contributed by atoms with Crippen molar-refractivity contribution in [3.05, 3.63) is 11.2 Å². The van der Waals surface area contributed by atoms with E-state index in [1.807, 2.05) is 19.2 Å².